The van der Waals surface area contributed by atoms with Crippen molar-refractivity contribution in [1.82, 2.24) is 15.2 Å². The lowest BCUT2D eigenvalue weighted by atomic mass is 10.3. The van der Waals surface area contributed by atoms with Gasteiger partial charge in [-0.25, -0.2) is 4.98 Å². The van der Waals surface area contributed by atoms with Crippen LogP contribution in [0, 0.1) is 0 Å². The highest BCUT2D eigenvalue weighted by atomic mass is 16.5. The number of carbonyl (C=O) groups is 2. The third kappa shape index (κ3) is 2.44. The molecule has 7 heteroatoms. The Morgan fingerprint density at radius 3 is 3.00 bits per heavy atom. The number of ether oxygens (including phenoxy) is 1. The minimum Gasteiger partial charge on any atom is -0.480 e. The molecule has 7 nitrogen and oxygen atoms in total. The van der Waals surface area contributed by atoms with Gasteiger partial charge in [0.1, 0.15) is 6.54 Å². The van der Waals surface area contributed by atoms with E-state index >= 15 is 0 Å². The van der Waals surface area contributed by atoms with Crippen molar-refractivity contribution in [3.05, 3.63) is 18.3 Å². The molecule has 1 aromatic rings. The Balaban J connectivity index is 1.76. The van der Waals surface area contributed by atoms with E-state index in [1.54, 1.807) is 23.2 Å². The zero-order valence-corrected chi connectivity index (χ0v) is 11.0. The van der Waals surface area contributed by atoms with Gasteiger partial charge in [-0.2, -0.15) is 0 Å². The lowest BCUT2D eigenvalue weighted by molar-refractivity contribution is -0.132. The Morgan fingerprint density at radius 2 is 2.20 bits per heavy atom. The zero-order valence-electron chi connectivity index (χ0n) is 11.0. The van der Waals surface area contributed by atoms with E-state index in [0.717, 1.165) is 13.1 Å². The summed E-state index contributed by atoms with van der Waals surface area (Å²) in [6.45, 7) is 2.90. The molecule has 2 amide bonds. The molecule has 0 bridgehead atoms. The largest absolute Gasteiger partial charge is 0.480 e. The molecule has 0 unspecified atom stereocenters. The molecule has 2 aliphatic heterocycles. The first-order valence-corrected chi connectivity index (χ1v) is 6.62. The van der Waals surface area contributed by atoms with Crippen LogP contribution in [0.4, 0.5) is 5.82 Å². The van der Waals surface area contributed by atoms with Gasteiger partial charge in [0.15, 0.2) is 18.2 Å². The predicted octanol–water partition coefficient (Wildman–Crippen LogP) is -0.761. The normalized spacial score (nSPS) is 18.5. The molecule has 1 aromatic heterocycles. The van der Waals surface area contributed by atoms with Gasteiger partial charge in [0, 0.05) is 32.4 Å². The molecule has 0 spiro atoms. The van der Waals surface area contributed by atoms with Crippen molar-refractivity contribution in [2.24, 2.45) is 0 Å². The lowest BCUT2D eigenvalue weighted by Crippen LogP contribution is -2.51. The van der Waals surface area contributed by atoms with Crippen LogP contribution in [0.5, 0.6) is 5.75 Å². The maximum atomic E-state index is 12.3. The summed E-state index contributed by atoms with van der Waals surface area (Å²) < 4.78 is 5.30. The van der Waals surface area contributed by atoms with Crippen LogP contribution < -0.4 is 15.0 Å². The van der Waals surface area contributed by atoms with Gasteiger partial charge >= 0.3 is 0 Å². The minimum absolute atomic E-state index is 0.0200. The average molecular weight is 276 g/mol. The number of pyridine rings is 1. The molecular formula is C13H16N4O3. The summed E-state index contributed by atoms with van der Waals surface area (Å²) in [5.74, 6) is 0.672. The highest BCUT2D eigenvalue weighted by molar-refractivity contribution is 6.01. The fourth-order valence-corrected chi connectivity index (χ4v) is 2.35. The van der Waals surface area contributed by atoms with E-state index in [-0.39, 0.29) is 25.0 Å². The van der Waals surface area contributed by atoms with Gasteiger partial charge in [0.25, 0.3) is 5.91 Å². The van der Waals surface area contributed by atoms with Crippen molar-refractivity contribution in [1.29, 1.82) is 0 Å². The standard InChI is InChI=1S/C13H16N4O3/c18-11(16-6-4-14-5-7-16)8-17-12(19)9-20-10-2-1-3-15-13(10)17/h1-3,14H,4-9H2. The molecule has 0 saturated carbocycles. The first-order chi connectivity index (χ1) is 9.75. The van der Waals surface area contributed by atoms with Crippen molar-refractivity contribution >= 4 is 17.6 Å². The molecule has 20 heavy (non-hydrogen) atoms. The number of fused-ring (bicyclic) bond motifs is 1. The number of nitrogens with one attached hydrogen (secondary N) is 1. The molecule has 3 rings (SSSR count). The van der Waals surface area contributed by atoms with E-state index in [1.807, 2.05) is 0 Å². The maximum absolute atomic E-state index is 12.3. The summed E-state index contributed by atoms with van der Waals surface area (Å²) in [4.78, 5) is 31.5. The van der Waals surface area contributed by atoms with Crippen molar-refractivity contribution < 1.29 is 14.3 Å². The van der Waals surface area contributed by atoms with Gasteiger partial charge in [-0.3, -0.25) is 14.5 Å². The van der Waals surface area contributed by atoms with Crippen LogP contribution in [0.15, 0.2) is 18.3 Å². The first-order valence-electron chi connectivity index (χ1n) is 6.62. The van der Waals surface area contributed by atoms with Crippen molar-refractivity contribution in [3.63, 3.8) is 0 Å². The molecule has 0 aromatic carbocycles. The van der Waals surface area contributed by atoms with Crippen LogP contribution in [0.2, 0.25) is 0 Å². The summed E-state index contributed by atoms with van der Waals surface area (Å²) in [6.07, 6.45) is 1.59. The molecule has 3 heterocycles. The van der Waals surface area contributed by atoms with Crippen LogP contribution >= 0.6 is 0 Å². The Kier molecular flexibility index (Phi) is 3.51. The summed E-state index contributed by atoms with van der Waals surface area (Å²) in [7, 11) is 0. The molecule has 0 aliphatic carbocycles. The average Bonchev–Trinajstić information content (AvgIpc) is 2.51. The van der Waals surface area contributed by atoms with Gasteiger partial charge in [0.05, 0.1) is 0 Å². The van der Waals surface area contributed by atoms with Gasteiger partial charge in [0.2, 0.25) is 5.91 Å². The number of carbonyl (C=O) groups excluding carboxylic acids is 2. The maximum Gasteiger partial charge on any atom is 0.266 e. The SMILES string of the molecule is O=C(CN1C(=O)COc2cccnc21)N1CCNCC1. The van der Waals surface area contributed by atoms with Gasteiger partial charge in [-0.1, -0.05) is 0 Å². The number of hydrogen-bond acceptors (Lipinski definition) is 5. The summed E-state index contributed by atoms with van der Waals surface area (Å²) in [6, 6.07) is 3.49. The number of anilines is 1. The zero-order chi connectivity index (χ0) is 13.9. The number of rotatable bonds is 2. The van der Waals surface area contributed by atoms with E-state index in [2.05, 4.69) is 10.3 Å². The monoisotopic (exact) mass is 276 g/mol. The van der Waals surface area contributed by atoms with E-state index in [0.29, 0.717) is 24.7 Å². The van der Waals surface area contributed by atoms with Crippen LogP contribution in [0.3, 0.4) is 0 Å². The van der Waals surface area contributed by atoms with E-state index in [9.17, 15) is 9.59 Å². The third-order valence-corrected chi connectivity index (χ3v) is 3.42. The highest BCUT2D eigenvalue weighted by Crippen LogP contribution is 2.28. The molecule has 106 valence electrons. The third-order valence-electron chi connectivity index (χ3n) is 3.42. The fraction of sp³-hybridized carbons (Fsp3) is 0.462. The molecular weight excluding hydrogens is 260 g/mol. The summed E-state index contributed by atoms with van der Waals surface area (Å²) >= 11 is 0. The van der Waals surface area contributed by atoms with Crippen LogP contribution in [-0.2, 0) is 9.59 Å². The molecule has 1 saturated heterocycles. The van der Waals surface area contributed by atoms with Gasteiger partial charge in [-0.05, 0) is 12.1 Å². The first kappa shape index (κ1) is 12.9. The Morgan fingerprint density at radius 1 is 1.40 bits per heavy atom. The van der Waals surface area contributed by atoms with E-state index < -0.39 is 0 Å². The minimum atomic E-state index is -0.236. The number of piperazine rings is 1. The van der Waals surface area contributed by atoms with Crippen LogP contribution in [0.1, 0.15) is 0 Å². The highest BCUT2D eigenvalue weighted by Gasteiger charge is 2.30. The summed E-state index contributed by atoms with van der Waals surface area (Å²) in [5.41, 5.74) is 0. The van der Waals surface area contributed by atoms with E-state index in [1.165, 1.54) is 4.90 Å². The molecule has 0 atom stereocenters. The van der Waals surface area contributed by atoms with Crippen LogP contribution in [0.25, 0.3) is 0 Å². The smallest absolute Gasteiger partial charge is 0.266 e. The topological polar surface area (TPSA) is 74.8 Å². The number of nitrogens with zero attached hydrogens (tertiary/aromatic N) is 3. The Bertz CT molecular complexity index is 528. The van der Waals surface area contributed by atoms with Gasteiger partial charge in [-0.15, -0.1) is 0 Å². The Hall–Kier alpha value is -2.15. The number of aromatic nitrogens is 1. The predicted molar refractivity (Wildman–Crippen MR) is 71.5 cm³/mol. The molecule has 0 radical (unpaired) electrons. The van der Waals surface area contributed by atoms with Crippen molar-refractivity contribution in [2.75, 3.05) is 44.2 Å². The van der Waals surface area contributed by atoms with Crippen LogP contribution in [-0.4, -0.2) is 61.0 Å². The molecule has 2 aliphatic rings. The van der Waals surface area contributed by atoms with E-state index in [4.69, 9.17) is 4.74 Å². The quantitative estimate of drug-likeness (QED) is 0.768. The van der Waals surface area contributed by atoms with Crippen molar-refractivity contribution in [2.45, 2.75) is 0 Å². The second kappa shape index (κ2) is 5.46. The van der Waals surface area contributed by atoms with Crippen molar-refractivity contribution in [3.8, 4) is 5.75 Å². The fourth-order valence-electron chi connectivity index (χ4n) is 2.35. The second-order valence-corrected chi connectivity index (χ2v) is 4.72. The summed E-state index contributed by atoms with van der Waals surface area (Å²) in [5, 5.41) is 3.19. The molecule has 1 fully saturated rings. The number of amides is 2. The molecule has 1 N–H and O–H groups in total. The number of hydrogen-bond donors (Lipinski definition) is 1. The second-order valence-electron chi connectivity index (χ2n) is 4.72. The lowest BCUT2D eigenvalue weighted by Gasteiger charge is -2.32. The Labute approximate surface area is 116 Å². The van der Waals surface area contributed by atoms with Gasteiger partial charge < -0.3 is 15.0 Å².